The molecular weight excluding hydrogens is 392 g/mol. The van der Waals surface area contributed by atoms with E-state index in [-0.39, 0.29) is 17.1 Å². The third-order valence-electron chi connectivity index (χ3n) is 4.18. The number of benzene rings is 1. The largest absolute Gasteiger partial charge is 0.495 e. The lowest BCUT2D eigenvalue weighted by atomic mass is 10.2. The standard InChI is InChI=1S/C16H24N4O7S/c1-26-15-4-3-13(20(22)23)11-14(15)19(28(2,24)25)12-16(21)17-5-6-18-7-9-27-10-8-18/h3-4,11H,5-10,12H2,1-2H3,(H,17,21). The first-order chi connectivity index (χ1) is 13.2. The number of nitrogens with zero attached hydrogens (tertiary/aromatic N) is 3. The lowest BCUT2D eigenvalue weighted by molar-refractivity contribution is -0.384. The van der Waals surface area contributed by atoms with Crippen molar-refractivity contribution in [3.05, 3.63) is 28.3 Å². The third-order valence-corrected chi connectivity index (χ3v) is 5.31. The molecule has 12 heteroatoms. The summed E-state index contributed by atoms with van der Waals surface area (Å²) < 4.78 is 35.6. The highest BCUT2D eigenvalue weighted by atomic mass is 32.2. The minimum absolute atomic E-state index is 0.0671. The van der Waals surface area contributed by atoms with Crippen molar-refractivity contribution < 1.29 is 27.6 Å². The third kappa shape index (κ3) is 6.04. The minimum Gasteiger partial charge on any atom is -0.495 e. The number of nitro groups is 1. The van der Waals surface area contributed by atoms with Gasteiger partial charge in [0.1, 0.15) is 18.0 Å². The first-order valence-electron chi connectivity index (χ1n) is 8.59. The van der Waals surface area contributed by atoms with E-state index in [1.54, 1.807) is 0 Å². The fourth-order valence-corrected chi connectivity index (χ4v) is 3.58. The van der Waals surface area contributed by atoms with Gasteiger partial charge in [-0.25, -0.2) is 8.42 Å². The number of nitrogens with one attached hydrogen (secondary N) is 1. The number of non-ortho nitro benzene ring substituents is 1. The molecular formula is C16H24N4O7S. The first kappa shape index (κ1) is 21.9. The van der Waals surface area contributed by atoms with Gasteiger partial charge in [-0.15, -0.1) is 0 Å². The van der Waals surface area contributed by atoms with Crippen LogP contribution in [-0.2, 0) is 19.6 Å². The van der Waals surface area contributed by atoms with Gasteiger partial charge < -0.3 is 14.8 Å². The summed E-state index contributed by atoms with van der Waals surface area (Å²) >= 11 is 0. The second-order valence-corrected chi connectivity index (χ2v) is 8.09. The van der Waals surface area contributed by atoms with E-state index < -0.39 is 27.4 Å². The number of ether oxygens (including phenoxy) is 2. The van der Waals surface area contributed by atoms with Gasteiger partial charge in [-0.1, -0.05) is 0 Å². The number of methoxy groups -OCH3 is 1. The number of hydrogen-bond donors (Lipinski definition) is 1. The molecule has 1 saturated heterocycles. The molecule has 0 aliphatic carbocycles. The van der Waals surface area contributed by atoms with E-state index in [4.69, 9.17) is 9.47 Å². The van der Waals surface area contributed by atoms with Crippen molar-refractivity contribution in [3.63, 3.8) is 0 Å². The van der Waals surface area contributed by atoms with Gasteiger partial charge in [0.15, 0.2) is 0 Å². The van der Waals surface area contributed by atoms with E-state index in [0.717, 1.165) is 29.7 Å². The topological polar surface area (TPSA) is 131 Å². The van der Waals surface area contributed by atoms with E-state index in [1.807, 2.05) is 0 Å². The van der Waals surface area contributed by atoms with E-state index in [1.165, 1.54) is 19.2 Å². The van der Waals surface area contributed by atoms with Gasteiger partial charge in [-0.2, -0.15) is 0 Å². The van der Waals surface area contributed by atoms with Crippen LogP contribution in [0.3, 0.4) is 0 Å². The van der Waals surface area contributed by atoms with Crippen molar-refractivity contribution in [2.75, 3.05) is 63.6 Å². The minimum atomic E-state index is -3.89. The fraction of sp³-hybridized carbons (Fsp3) is 0.562. The monoisotopic (exact) mass is 416 g/mol. The smallest absolute Gasteiger partial charge is 0.271 e. The van der Waals surface area contributed by atoms with Crippen LogP contribution in [-0.4, -0.2) is 83.5 Å². The predicted molar refractivity (Wildman–Crippen MR) is 102 cm³/mol. The zero-order valence-corrected chi connectivity index (χ0v) is 16.6. The Labute approximate surface area is 163 Å². The summed E-state index contributed by atoms with van der Waals surface area (Å²) in [5.74, 6) is -0.413. The maximum Gasteiger partial charge on any atom is 0.271 e. The summed E-state index contributed by atoms with van der Waals surface area (Å²) in [6.45, 7) is 3.29. The molecule has 1 heterocycles. The number of morpholine rings is 1. The molecule has 0 unspecified atom stereocenters. The average molecular weight is 416 g/mol. The molecule has 1 fully saturated rings. The fourth-order valence-electron chi connectivity index (χ4n) is 2.73. The van der Waals surface area contributed by atoms with Crippen LogP contribution < -0.4 is 14.4 Å². The van der Waals surface area contributed by atoms with Crippen LogP contribution in [0, 0.1) is 10.1 Å². The lowest BCUT2D eigenvalue weighted by Gasteiger charge is -2.27. The van der Waals surface area contributed by atoms with E-state index in [9.17, 15) is 23.3 Å². The van der Waals surface area contributed by atoms with Gasteiger partial charge >= 0.3 is 0 Å². The Balaban J connectivity index is 2.10. The molecule has 28 heavy (non-hydrogen) atoms. The van der Waals surface area contributed by atoms with Gasteiger partial charge in [-0.05, 0) is 6.07 Å². The second-order valence-electron chi connectivity index (χ2n) is 6.19. The van der Waals surface area contributed by atoms with Crippen LogP contribution in [0.25, 0.3) is 0 Å². The van der Waals surface area contributed by atoms with Gasteiger partial charge in [0.05, 0.1) is 31.5 Å². The number of sulfonamides is 1. The summed E-state index contributed by atoms with van der Waals surface area (Å²) in [7, 11) is -2.58. The van der Waals surface area contributed by atoms with Gasteiger partial charge in [0, 0.05) is 38.3 Å². The highest BCUT2D eigenvalue weighted by Gasteiger charge is 2.26. The maximum absolute atomic E-state index is 12.3. The zero-order chi connectivity index (χ0) is 20.7. The summed E-state index contributed by atoms with van der Waals surface area (Å²) in [4.78, 5) is 24.8. The molecule has 11 nitrogen and oxygen atoms in total. The van der Waals surface area contributed by atoms with Gasteiger partial charge in [0.25, 0.3) is 5.69 Å². The molecule has 0 bridgehead atoms. The van der Waals surface area contributed by atoms with E-state index in [0.29, 0.717) is 26.3 Å². The number of hydrogen-bond acceptors (Lipinski definition) is 8. The predicted octanol–water partition coefficient (Wildman–Crippen LogP) is -0.182. The van der Waals surface area contributed by atoms with Crippen LogP contribution in [0.2, 0.25) is 0 Å². The molecule has 0 aromatic heterocycles. The normalized spacial score (nSPS) is 15.1. The molecule has 156 valence electrons. The summed E-state index contributed by atoms with van der Waals surface area (Å²) in [6, 6.07) is 3.56. The second kappa shape index (κ2) is 9.66. The van der Waals surface area contributed by atoms with Crippen molar-refractivity contribution in [3.8, 4) is 5.75 Å². The van der Waals surface area contributed by atoms with Crippen molar-refractivity contribution >= 4 is 27.3 Å². The summed E-state index contributed by atoms with van der Waals surface area (Å²) in [5, 5.41) is 13.7. The molecule has 0 radical (unpaired) electrons. The molecule has 1 aliphatic heterocycles. The van der Waals surface area contributed by atoms with Gasteiger partial charge in [0.2, 0.25) is 15.9 Å². The highest BCUT2D eigenvalue weighted by molar-refractivity contribution is 7.92. The van der Waals surface area contributed by atoms with Gasteiger partial charge in [-0.3, -0.25) is 24.1 Å². The van der Waals surface area contributed by atoms with E-state index in [2.05, 4.69) is 10.2 Å². The molecule has 1 aromatic carbocycles. The number of anilines is 1. The Hall–Kier alpha value is -2.44. The molecule has 0 atom stereocenters. The highest BCUT2D eigenvalue weighted by Crippen LogP contribution is 2.33. The number of amides is 1. The van der Waals surface area contributed by atoms with E-state index >= 15 is 0 Å². The maximum atomic E-state index is 12.3. The van der Waals surface area contributed by atoms with Crippen molar-refractivity contribution in [2.24, 2.45) is 0 Å². The lowest BCUT2D eigenvalue weighted by Crippen LogP contribution is -2.44. The molecule has 1 N–H and O–H groups in total. The Bertz CT molecular complexity index is 809. The molecule has 1 aliphatic rings. The first-order valence-corrected chi connectivity index (χ1v) is 10.4. The number of carbonyl (C=O) groups is 1. The molecule has 0 saturated carbocycles. The van der Waals surface area contributed by atoms with Crippen LogP contribution in [0.1, 0.15) is 0 Å². The van der Waals surface area contributed by atoms with Crippen LogP contribution in [0.4, 0.5) is 11.4 Å². The average Bonchev–Trinajstić information content (AvgIpc) is 2.65. The summed E-state index contributed by atoms with van der Waals surface area (Å²) in [5.41, 5.74) is -0.375. The van der Waals surface area contributed by atoms with Crippen LogP contribution in [0.15, 0.2) is 18.2 Å². The Morgan fingerprint density at radius 2 is 2.07 bits per heavy atom. The number of carbonyl (C=O) groups excluding carboxylic acids is 1. The van der Waals surface area contributed by atoms with Crippen molar-refractivity contribution in [1.29, 1.82) is 0 Å². The van der Waals surface area contributed by atoms with Crippen LogP contribution >= 0.6 is 0 Å². The molecule has 2 rings (SSSR count). The SMILES string of the molecule is COc1ccc([N+](=O)[O-])cc1N(CC(=O)NCCN1CCOCC1)S(C)(=O)=O. The molecule has 0 spiro atoms. The Morgan fingerprint density at radius 1 is 1.39 bits per heavy atom. The molecule has 1 aromatic rings. The Kier molecular flexibility index (Phi) is 7.54. The van der Waals surface area contributed by atoms with Crippen molar-refractivity contribution in [1.82, 2.24) is 10.2 Å². The zero-order valence-electron chi connectivity index (χ0n) is 15.8. The Morgan fingerprint density at radius 3 is 2.64 bits per heavy atom. The number of rotatable bonds is 9. The molecule has 1 amide bonds. The quantitative estimate of drug-likeness (QED) is 0.433. The number of nitro benzene ring substituents is 1. The van der Waals surface area contributed by atoms with Crippen molar-refractivity contribution in [2.45, 2.75) is 0 Å². The van der Waals surface area contributed by atoms with Crippen LogP contribution in [0.5, 0.6) is 5.75 Å². The summed E-state index contributed by atoms with van der Waals surface area (Å²) in [6.07, 6.45) is 0.923.